The van der Waals surface area contributed by atoms with Crippen LogP contribution in [0.3, 0.4) is 0 Å². The standard InChI is InChI=1S/C12H15FOS/c1-9-12(14,6-3-7-15-9)10-4-2-5-11(13)8-10/h2,4-5,8-9,14H,3,6-7H2,1H3. The lowest BCUT2D eigenvalue weighted by molar-refractivity contribution is 0.0251. The lowest BCUT2D eigenvalue weighted by Gasteiger charge is -2.38. The minimum absolute atomic E-state index is 0.132. The van der Waals surface area contributed by atoms with Crippen LogP contribution in [0.4, 0.5) is 4.39 Å². The molecule has 2 unspecified atom stereocenters. The maximum absolute atomic E-state index is 13.1. The van der Waals surface area contributed by atoms with E-state index < -0.39 is 5.60 Å². The Bertz CT molecular complexity index is 355. The molecule has 0 amide bonds. The fourth-order valence-electron chi connectivity index (χ4n) is 2.08. The number of thioether (sulfide) groups is 1. The van der Waals surface area contributed by atoms with E-state index in [1.807, 2.05) is 13.0 Å². The first kappa shape index (κ1) is 11.0. The topological polar surface area (TPSA) is 20.2 Å². The van der Waals surface area contributed by atoms with E-state index in [4.69, 9.17) is 0 Å². The van der Waals surface area contributed by atoms with Gasteiger partial charge < -0.3 is 5.11 Å². The van der Waals surface area contributed by atoms with Crippen molar-refractivity contribution in [3.8, 4) is 0 Å². The summed E-state index contributed by atoms with van der Waals surface area (Å²) in [5, 5.41) is 10.7. The van der Waals surface area contributed by atoms with Gasteiger partial charge in [-0.1, -0.05) is 19.1 Å². The number of hydrogen-bond donors (Lipinski definition) is 1. The Labute approximate surface area is 93.7 Å². The quantitative estimate of drug-likeness (QED) is 0.794. The lowest BCUT2D eigenvalue weighted by Crippen LogP contribution is -2.38. The molecule has 0 aromatic heterocycles. The summed E-state index contributed by atoms with van der Waals surface area (Å²) in [5.74, 6) is 0.808. The Hall–Kier alpha value is -0.540. The lowest BCUT2D eigenvalue weighted by atomic mass is 9.86. The van der Waals surface area contributed by atoms with E-state index in [1.165, 1.54) is 12.1 Å². The average Bonchev–Trinajstić information content (AvgIpc) is 2.23. The molecular weight excluding hydrogens is 211 g/mol. The predicted molar refractivity (Wildman–Crippen MR) is 61.5 cm³/mol. The van der Waals surface area contributed by atoms with Crippen molar-refractivity contribution >= 4 is 11.8 Å². The Morgan fingerprint density at radius 2 is 2.33 bits per heavy atom. The van der Waals surface area contributed by atoms with E-state index in [9.17, 15) is 9.50 Å². The van der Waals surface area contributed by atoms with Crippen LogP contribution in [0.15, 0.2) is 24.3 Å². The van der Waals surface area contributed by atoms with Crippen molar-refractivity contribution < 1.29 is 9.50 Å². The molecule has 1 nitrogen and oxygen atoms in total. The maximum atomic E-state index is 13.1. The molecule has 2 atom stereocenters. The minimum atomic E-state index is -0.856. The molecule has 0 aliphatic carbocycles. The summed E-state index contributed by atoms with van der Waals surface area (Å²) in [5.41, 5.74) is -0.146. The second kappa shape index (κ2) is 4.14. The normalized spacial score (nSPS) is 31.5. The van der Waals surface area contributed by atoms with Crippen LogP contribution in [0.1, 0.15) is 25.3 Å². The molecule has 0 bridgehead atoms. The zero-order chi connectivity index (χ0) is 10.9. The molecule has 0 spiro atoms. The van der Waals surface area contributed by atoms with Gasteiger partial charge in [-0.2, -0.15) is 11.8 Å². The smallest absolute Gasteiger partial charge is 0.123 e. The van der Waals surface area contributed by atoms with Crippen molar-refractivity contribution in [3.63, 3.8) is 0 Å². The van der Waals surface area contributed by atoms with Crippen LogP contribution in [0.25, 0.3) is 0 Å². The van der Waals surface area contributed by atoms with Gasteiger partial charge in [0.25, 0.3) is 0 Å². The Morgan fingerprint density at radius 1 is 1.53 bits per heavy atom. The van der Waals surface area contributed by atoms with Gasteiger partial charge >= 0.3 is 0 Å². The van der Waals surface area contributed by atoms with Crippen molar-refractivity contribution in [1.82, 2.24) is 0 Å². The first-order chi connectivity index (χ1) is 7.13. The van der Waals surface area contributed by atoms with E-state index in [1.54, 1.807) is 17.8 Å². The SMILES string of the molecule is CC1SCCCC1(O)c1cccc(F)c1. The van der Waals surface area contributed by atoms with Crippen LogP contribution in [-0.4, -0.2) is 16.1 Å². The minimum Gasteiger partial charge on any atom is -0.384 e. The van der Waals surface area contributed by atoms with E-state index in [2.05, 4.69) is 0 Å². The average molecular weight is 226 g/mol. The van der Waals surface area contributed by atoms with Crippen molar-refractivity contribution in [2.75, 3.05) is 5.75 Å². The zero-order valence-electron chi connectivity index (χ0n) is 8.74. The van der Waals surface area contributed by atoms with Crippen molar-refractivity contribution in [3.05, 3.63) is 35.6 Å². The predicted octanol–water partition coefficient (Wildman–Crippen LogP) is 2.93. The molecule has 1 aliphatic rings. The van der Waals surface area contributed by atoms with Crippen molar-refractivity contribution in [1.29, 1.82) is 0 Å². The van der Waals surface area contributed by atoms with Crippen LogP contribution in [0, 0.1) is 5.82 Å². The van der Waals surface area contributed by atoms with Crippen molar-refractivity contribution in [2.45, 2.75) is 30.6 Å². The highest BCUT2D eigenvalue weighted by atomic mass is 32.2. The first-order valence-electron chi connectivity index (χ1n) is 5.23. The van der Waals surface area contributed by atoms with Crippen molar-refractivity contribution in [2.24, 2.45) is 0 Å². The van der Waals surface area contributed by atoms with E-state index >= 15 is 0 Å². The number of hydrogen-bond acceptors (Lipinski definition) is 2. The molecule has 0 saturated carbocycles. The molecular formula is C12H15FOS. The summed E-state index contributed by atoms with van der Waals surface area (Å²) in [6.07, 6.45) is 1.71. The zero-order valence-corrected chi connectivity index (χ0v) is 9.56. The van der Waals surface area contributed by atoms with Gasteiger partial charge in [0.15, 0.2) is 0 Å². The molecule has 15 heavy (non-hydrogen) atoms. The molecule has 1 heterocycles. The summed E-state index contributed by atoms with van der Waals surface area (Å²) >= 11 is 1.75. The van der Waals surface area contributed by atoms with Crippen LogP contribution in [-0.2, 0) is 5.60 Å². The largest absolute Gasteiger partial charge is 0.384 e. The summed E-state index contributed by atoms with van der Waals surface area (Å²) in [4.78, 5) is 0. The number of aliphatic hydroxyl groups is 1. The maximum Gasteiger partial charge on any atom is 0.123 e. The molecule has 1 saturated heterocycles. The van der Waals surface area contributed by atoms with Gasteiger partial charge in [0.2, 0.25) is 0 Å². The highest BCUT2D eigenvalue weighted by Gasteiger charge is 2.38. The third kappa shape index (κ3) is 2.04. The molecule has 1 aromatic carbocycles. The Balaban J connectivity index is 2.34. The van der Waals surface area contributed by atoms with E-state index in [0.717, 1.165) is 18.6 Å². The van der Waals surface area contributed by atoms with Crippen LogP contribution >= 0.6 is 11.8 Å². The Kier molecular flexibility index (Phi) is 3.03. The van der Waals surface area contributed by atoms with Gasteiger partial charge in [-0.05, 0) is 36.3 Å². The number of halogens is 1. The second-order valence-corrected chi connectivity index (χ2v) is 5.50. The monoisotopic (exact) mass is 226 g/mol. The summed E-state index contributed by atoms with van der Waals surface area (Å²) in [6, 6.07) is 6.33. The van der Waals surface area contributed by atoms with Crippen LogP contribution < -0.4 is 0 Å². The number of rotatable bonds is 1. The molecule has 1 N–H and O–H groups in total. The highest BCUT2D eigenvalue weighted by molar-refractivity contribution is 8.00. The van der Waals surface area contributed by atoms with E-state index in [0.29, 0.717) is 5.56 Å². The molecule has 1 aliphatic heterocycles. The Morgan fingerprint density at radius 3 is 3.00 bits per heavy atom. The fraction of sp³-hybridized carbons (Fsp3) is 0.500. The second-order valence-electron chi connectivity index (χ2n) is 4.05. The summed E-state index contributed by atoms with van der Waals surface area (Å²) < 4.78 is 13.1. The van der Waals surface area contributed by atoms with Gasteiger partial charge in [0.05, 0.1) is 0 Å². The van der Waals surface area contributed by atoms with E-state index in [-0.39, 0.29) is 11.1 Å². The van der Waals surface area contributed by atoms with Crippen LogP contribution in [0.5, 0.6) is 0 Å². The van der Waals surface area contributed by atoms with Gasteiger partial charge in [0.1, 0.15) is 11.4 Å². The summed E-state index contributed by atoms with van der Waals surface area (Å²) in [6.45, 7) is 2.01. The third-order valence-electron chi connectivity index (χ3n) is 3.07. The molecule has 1 fully saturated rings. The molecule has 0 radical (unpaired) electrons. The van der Waals surface area contributed by atoms with Crippen LogP contribution in [0.2, 0.25) is 0 Å². The molecule has 2 rings (SSSR count). The van der Waals surface area contributed by atoms with Gasteiger partial charge in [-0.3, -0.25) is 0 Å². The number of benzene rings is 1. The molecule has 3 heteroatoms. The third-order valence-corrected chi connectivity index (χ3v) is 4.48. The summed E-state index contributed by atoms with van der Waals surface area (Å²) in [7, 11) is 0. The van der Waals surface area contributed by atoms with Gasteiger partial charge in [-0.15, -0.1) is 0 Å². The van der Waals surface area contributed by atoms with Gasteiger partial charge in [-0.25, -0.2) is 4.39 Å². The first-order valence-corrected chi connectivity index (χ1v) is 6.28. The highest BCUT2D eigenvalue weighted by Crippen LogP contribution is 2.41. The molecule has 82 valence electrons. The van der Waals surface area contributed by atoms with Gasteiger partial charge in [0, 0.05) is 5.25 Å². The fourth-order valence-corrected chi connectivity index (χ4v) is 3.27. The molecule has 1 aromatic rings.